The third-order valence-electron chi connectivity index (χ3n) is 3.54. The highest BCUT2D eigenvalue weighted by atomic mass is 16.7. The van der Waals surface area contributed by atoms with Crippen LogP contribution in [-0.4, -0.2) is 25.8 Å². The number of methoxy groups -OCH3 is 2. The van der Waals surface area contributed by atoms with Crippen LogP contribution in [0.1, 0.15) is 25.7 Å². The number of carbonyl (C=O) groups is 1. The van der Waals surface area contributed by atoms with Crippen LogP contribution in [0.25, 0.3) is 0 Å². The number of rotatable bonds is 2. The molecule has 0 saturated heterocycles. The van der Waals surface area contributed by atoms with Crippen molar-refractivity contribution in [2.75, 3.05) is 14.2 Å². The minimum Gasteiger partial charge on any atom is -0.353 e. The van der Waals surface area contributed by atoms with E-state index in [1.807, 2.05) is 0 Å². The van der Waals surface area contributed by atoms with Gasteiger partial charge in [0.1, 0.15) is 5.78 Å². The Morgan fingerprint density at radius 3 is 2.00 bits per heavy atom. The summed E-state index contributed by atoms with van der Waals surface area (Å²) in [6, 6.07) is 0. The molecular formula is C10H16O3. The van der Waals surface area contributed by atoms with Crippen molar-refractivity contribution in [3.63, 3.8) is 0 Å². The second-order valence-electron chi connectivity index (χ2n) is 4.19. The Morgan fingerprint density at radius 1 is 1.15 bits per heavy atom. The second-order valence-corrected chi connectivity index (χ2v) is 4.19. The molecule has 3 nitrogen and oxygen atoms in total. The van der Waals surface area contributed by atoms with Gasteiger partial charge in [0.25, 0.3) is 0 Å². The van der Waals surface area contributed by atoms with E-state index < -0.39 is 5.79 Å². The summed E-state index contributed by atoms with van der Waals surface area (Å²) in [6.07, 6.45) is 3.24. The molecule has 2 atom stereocenters. The summed E-state index contributed by atoms with van der Waals surface area (Å²) in [5.74, 6) is 1.03. The summed E-state index contributed by atoms with van der Waals surface area (Å²) in [4.78, 5) is 11.2. The Bertz CT molecular complexity index is 202. The minimum absolute atomic E-state index is 0.393. The van der Waals surface area contributed by atoms with Gasteiger partial charge in [0.15, 0.2) is 5.79 Å². The number of ether oxygens (including phenoxy) is 2. The molecule has 2 aliphatic rings. The fraction of sp³-hybridized carbons (Fsp3) is 0.900. The standard InChI is InChI=1S/C10H16O3/c1-12-10(13-2)5-7-3-9(11)4-8(7)6-10/h7-8H,3-6H2,1-2H3/t7-,8+. The van der Waals surface area contributed by atoms with Gasteiger partial charge in [-0.25, -0.2) is 0 Å². The Hall–Kier alpha value is -0.410. The first-order chi connectivity index (χ1) is 6.19. The lowest BCUT2D eigenvalue weighted by molar-refractivity contribution is -0.204. The van der Waals surface area contributed by atoms with Crippen molar-refractivity contribution < 1.29 is 14.3 Å². The number of ketones is 1. The smallest absolute Gasteiger partial charge is 0.168 e. The van der Waals surface area contributed by atoms with Gasteiger partial charge in [-0.1, -0.05) is 0 Å². The Kier molecular flexibility index (Phi) is 2.16. The predicted octanol–water partition coefficient (Wildman–Crippen LogP) is 1.36. The van der Waals surface area contributed by atoms with Gasteiger partial charge >= 0.3 is 0 Å². The van der Waals surface area contributed by atoms with Gasteiger partial charge in [0.05, 0.1) is 0 Å². The molecule has 0 aromatic heterocycles. The molecule has 0 aliphatic heterocycles. The first-order valence-electron chi connectivity index (χ1n) is 4.81. The zero-order valence-electron chi connectivity index (χ0n) is 8.21. The van der Waals surface area contributed by atoms with Gasteiger partial charge in [-0.05, 0) is 11.8 Å². The van der Waals surface area contributed by atoms with Crippen molar-refractivity contribution in [1.82, 2.24) is 0 Å². The van der Waals surface area contributed by atoms with Crippen LogP contribution in [0.4, 0.5) is 0 Å². The van der Waals surface area contributed by atoms with Crippen molar-refractivity contribution in [1.29, 1.82) is 0 Å². The largest absolute Gasteiger partial charge is 0.353 e. The summed E-state index contributed by atoms with van der Waals surface area (Å²) >= 11 is 0. The van der Waals surface area contributed by atoms with Crippen LogP contribution in [0.15, 0.2) is 0 Å². The van der Waals surface area contributed by atoms with Crippen molar-refractivity contribution in [3.8, 4) is 0 Å². The zero-order chi connectivity index (χ0) is 9.47. The van der Waals surface area contributed by atoms with Crippen LogP contribution < -0.4 is 0 Å². The minimum atomic E-state index is -0.393. The van der Waals surface area contributed by atoms with E-state index in [1.54, 1.807) is 14.2 Å². The van der Waals surface area contributed by atoms with Gasteiger partial charge < -0.3 is 9.47 Å². The van der Waals surface area contributed by atoms with Gasteiger partial charge in [0.2, 0.25) is 0 Å². The number of hydrogen-bond acceptors (Lipinski definition) is 3. The topological polar surface area (TPSA) is 35.5 Å². The molecule has 13 heavy (non-hydrogen) atoms. The highest BCUT2D eigenvalue weighted by molar-refractivity contribution is 5.81. The monoisotopic (exact) mass is 184 g/mol. The van der Waals surface area contributed by atoms with E-state index in [2.05, 4.69) is 0 Å². The molecule has 2 aliphatic carbocycles. The highest BCUT2D eigenvalue weighted by Crippen LogP contribution is 2.48. The summed E-state index contributed by atoms with van der Waals surface area (Å²) in [7, 11) is 3.37. The van der Waals surface area contributed by atoms with E-state index >= 15 is 0 Å². The number of hydrogen-bond donors (Lipinski definition) is 0. The molecule has 2 rings (SSSR count). The lowest BCUT2D eigenvalue weighted by Crippen LogP contribution is -2.31. The zero-order valence-corrected chi connectivity index (χ0v) is 8.21. The van der Waals surface area contributed by atoms with Crippen LogP contribution in [0.3, 0.4) is 0 Å². The molecule has 0 unspecified atom stereocenters. The maximum atomic E-state index is 11.2. The lowest BCUT2D eigenvalue weighted by atomic mass is 10.0. The summed E-state index contributed by atoms with van der Waals surface area (Å²) in [5, 5.41) is 0. The van der Waals surface area contributed by atoms with Crippen LogP contribution >= 0.6 is 0 Å². The van der Waals surface area contributed by atoms with Crippen molar-refractivity contribution >= 4 is 5.78 Å². The van der Waals surface area contributed by atoms with Crippen molar-refractivity contribution in [2.45, 2.75) is 31.5 Å². The van der Waals surface area contributed by atoms with Crippen LogP contribution in [0.2, 0.25) is 0 Å². The molecule has 0 bridgehead atoms. The Morgan fingerprint density at radius 2 is 1.62 bits per heavy atom. The Balaban J connectivity index is 2.07. The third-order valence-corrected chi connectivity index (χ3v) is 3.54. The number of Topliss-reactive ketones (excluding diaryl/α,β-unsaturated/α-hetero) is 1. The first-order valence-corrected chi connectivity index (χ1v) is 4.81. The molecule has 3 heteroatoms. The van der Waals surface area contributed by atoms with E-state index in [0.717, 1.165) is 25.7 Å². The summed E-state index contributed by atoms with van der Waals surface area (Å²) < 4.78 is 10.8. The predicted molar refractivity (Wildman–Crippen MR) is 47.2 cm³/mol. The van der Waals surface area contributed by atoms with Gasteiger partial charge in [0, 0.05) is 39.9 Å². The molecule has 0 aromatic rings. The number of fused-ring (bicyclic) bond motifs is 1. The normalized spacial score (nSPS) is 36.6. The molecule has 0 spiro atoms. The fourth-order valence-corrected chi connectivity index (χ4v) is 2.78. The van der Waals surface area contributed by atoms with E-state index in [9.17, 15) is 4.79 Å². The SMILES string of the molecule is COC1(OC)C[C@H]2CC(=O)C[C@H]2C1. The maximum absolute atomic E-state index is 11.2. The maximum Gasteiger partial charge on any atom is 0.168 e. The lowest BCUT2D eigenvalue weighted by Gasteiger charge is -2.26. The fourth-order valence-electron chi connectivity index (χ4n) is 2.78. The molecule has 74 valence electrons. The second kappa shape index (κ2) is 3.07. The highest BCUT2D eigenvalue weighted by Gasteiger charge is 2.49. The molecule has 0 aromatic carbocycles. The number of carbonyl (C=O) groups excluding carboxylic acids is 1. The molecule has 2 fully saturated rings. The van der Waals surface area contributed by atoms with Crippen molar-refractivity contribution in [2.24, 2.45) is 11.8 Å². The third kappa shape index (κ3) is 1.40. The molecule has 2 saturated carbocycles. The van der Waals surface area contributed by atoms with Gasteiger partial charge in [-0.15, -0.1) is 0 Å². The average Bonchev–Trinajstić information content (AvgIpc) is 2.59. The van der Waals surface area contributed by atoms with E-state index in [1.165, 1.54) is 0 Å². The quantitative estimate of drug-likeness (QED) is 0.608. The van der Waals surface area contributed by atoms with Gasteiger partial charge in [-0.2, -0.15) is 0 Å². The molecule has 0 amide bonds. The van der Waals surface area contributed by atoms with E-state index in [-0.39, 0.29) is 0 Å². The molecule has 0 N–H and O–H groups in total. The molecular weight excluding hydrogens is 168 g/mol. The summed E-state index contributed by atoms with van der Waals surface area (Å²) in [5.41, 5.74) is 0. The van der Waals surface area contributed by atoms with Gasteiger partial charge in [-0.3, -0.25) is 4.79 Å². The van der Waals surface area contributed by atoms with Crippen LogP contribution in [0.5, 0.6) is 0 Å². The first kappa shape index (κ1) is 9.16. The summed E-state index contributed by atoms with van der Waals surface area (Å²) in [6.45, 7) is 0. The van der Waals surface area contributed by atoms with Crippen LogP contribution in [0, 0.1) is 11.8 Å². The van der Waals surface area contributed by atoms with E-state index in [0.29, 0.717) is 17.6 Å². The van der Waals surface area contributed by atoms with Crippen LogP contribution in [-0.2, 0) is 14.3 Å². The van der Waals surface area contributed by atoms with Crippen molar-refractivity contribution in [3.05, 3.63) is 0 Å². The Labute approximate surface area is 78.4 Å². The van der Waals surface area contributed by atoms with E-state index in [4.69, 9.17) is 9.47 Å². The average molecular weight is 184 g/mol. The molecule has 0 radical (unpaired) electrons. The molecule has 0 heterocycles.